The number of ether oxygens (including phenoxy) is 1. The molecule has 24 heavy (non-hydrogen) atoms. The summed E-state index contributed by atoms with van der Waals surface area (Å²) in [6.07, 6.45) is 3.59. The summed E-state index contributed by atoms with van der Waals surface area (Å²) in [5.41, 5.74) is 3.55. The standard InChI is InChI=1S/C18H18Cl2N2O2/c1-2-3-10-24-17-7-5-4-6-13(17)12-21-22-18(23)15-9-8-14(19)11-16(15)20/h4-9,11-12H,2-3,10H2,1H3,(H,22,23)/b21-12+. The summed E-state index contributed by atoms with van der Waals surface area (Å²) in [6, 6.07) is 12.2. The fourth-order valence-electron chi connectivity index (χ4n) is 1.94. The molecule has 0 heterocycles. The van der Waals surface area contributed by atoms with Gasteiger partial charge in [0, 0.05) is 10.6 Å². The van der Waals surface area contributed by atoms with Crippen molar-refractivity contribution in [3.8, 4) is 5.75 Å². The molecular formula is C18H18Cl2N2O2. The van der Waals surface area contributed by atoms with Crippen molar-refractivity contribution < 1.29 is 9.53 Å². The molecule has 0 unspecified atom stereocenters. The molecule has 0 atom stereocenters. The Morgan fingerprint density at radius 3 is 2.79 bits per heavy atom. The molecular weight excluding hydrogens is 347 g/mol. The predicted molar refractivity (Wildman–Crippen MR) is 98.4 cm³/mol. The second kappa shape index (κ2) is 9.30. The molecule has 0 aromatic heterocycles. The Morgan fingerprint density at radius 2 is 2.04 bits per heavy atom. The zero-order valence-corrected chi connectivity index (χ0v) is 14.8. The maximum absolute atomic E-state index is 12.1. The zero-order chi connectivity index (χ0) is 17.4. The van der Waals surface area contributed by atoms with E-state index in [4.69, 9.17) is 27.9 Å². The van der Waals surface area contributed by atoms with Crippen LogP contribution in [0.4, 0.5) is 0 Å². The Balaban J connectivity index is 2.02. The first-order valence-electron chi connectivity index (χ1n) is 7.62. The smallest absolute Gasteiger partial charge is 0.272 e. The van der Waals surface area contributed by atoms with E-state index >= 15 is 0 Å². The first-order valence-corrected chi connectivity index (χ1v) is 8.37. The van der Waals surface area contributed by atoms with E-state index in [-0.39, 0.29) is 5.02 Å². The fourth-order valence-corrected chi connectivity index (χ4v) is 2.43. The van der Waals surface area contributed by atoms with Crippen molar-refractivity contribution in [3.05, 3.63) is 63.6 Å². The third-order valence-electron chi connectivity index (χ3n) is 3.22. The maximum atomic E-state index is 12.1. The number of nitrogens with one attached hydrogen (secondary N) is 1. The Bertz CT molecular complexity index is 733. The van der Waals surface area contributed by atoms with Gasteiger partial charge >= 0.3 is 0 Å². The van der Waals surface area contributed by atoms with Gasteiger partial charge in [-0.25, -0.2) is 5.43 Å². The molecule has 4 nitrogen and oxygen atoms in total. The number of carbonyl (C=O) groups excluding carboxylic acids is 1. The Hall–Kier alpha value is -2.04. The van der Waals surface area contributed by atoms with Crippen molar-refractivity contribution in [2.45, 2.75) is 19.8 Å². The van der Waals surface area contributed by atoms with Gasteiger partial charge in [0.25, 0.3) is 5.91 Å². The SMILES string of the molecule is CCCCOc1ccccc1/C=N/NC(=O)c1ccc(Cl)cc1Cl. The summed E-state index contributed by atoms with van der Waals surface area (Å²) in [5.74, 6) is 0.325. The number of benzene rings is 2. The third kappa shape index (κ3) is 5.25. The Labute approximate surface area is 151 Å². The minimum atomic E-state index is -0.405. The zero-order valence-electron chi connectivity index (χ0n) is 13.3. The highest BCUT2D eigenvalue weighted by atomic mass is 35.5. The minimum absolute atomic E-state index is 0.276. The number of nitrogens with zero attached hydrogens (tertiary/aromatic N) is 1. The first-order chi connectivity index (χ1) is 11.6. The quantitative estimate of drug-likeness (QED) is 0.429. The molecule has 2 aromatic rings. The van der Waals surface area contributed by atoms with E-state index < -0.39 is 5.91 Å². The van der Waals surface area contributed by atoms with Crippen LogP contribution in [-0.4, -0.2) is 18.7 Å². The molecule has 2 rings (SSSR count). The summed E-state index contributed by atoms with van der Waals surface area (Å²) >= 11 is 11.8. The van der Waals surface area contributed by atoms with E-state index in [2.05, 4.69) is 17.5 Å². The number of rotatable bonds is 7. The first kappa shape index (κ1) is 18.3. The number of unbranched alkanes of at least 4 members (excludes halogenated alkanes) is 1. The summed E-state index contributed by atoms with van der Waals surface area (Å²) in [7, 11) is 0. The van der Waals surface area contributed by atoms with Crippen LogP contribution >= 0.6 is 23.2 Å². The van der Waals surface area contributed by atoms with Crippen molar-refractivity contribution in [2.24, 2.45) is 5.10 Å². The largest absolute Gasteiger partial charge is 0.493 e. The van der Waals surface area contributed by atoms with Crippen LogP contribution in [0.1, 0.15) is 35.7 Å². The van der Waals surface area contributed by atoms with Crippen LogP contribution in [0.3, 0.4) is 0 Å². The van der Waals surface area contributed by atoms with Gasteiger partial charge in [0.1, 0.15) is 5.75 Å². The molecule has 0 saturated heterocycles. The van der Waals surface area contributed by atoms with Gasteiger partial charge in [-0.1, -0.05) is 48.7 Å². The average molecular weight is 365 g/mol. The van der Waals surface area contributed by atoms with Crippen molar-refractivity contribution >= 4 is 35.3 Å². The molecule has 0 saturated carbocycles. The van der Waals surface area contributed by atoms with Gasteiger partial charge in [0.2, 0.25) is 0 Å². The van der Waals surface area contributed by atoms with Crippen LogP contribution in [0, 0.1) is 0 Å². The van der Waals surface area contributed by atoms with Gasteiger partial charge in [-0.2, -0.15) is 5.10 Å². The highest BCUT2D eigenvalue weighted by molar-refractivity contribution is 6.36. The average Bonchev–Trinajstić information content (AvgIpc) is 2.56. The Kier molecular flexibility index (Phi) is 7.09. The van der Waals surface area contributed by atoms with Gasteiger partial charge in [0.05, 0.1) is 23.4 Å². The second-order valence-electron chi connectivity index (χ2n) is 5.06. The van der Waals surface area contributed by atoms with E-state index in [0.29, 0.717) is 17.2 Å². The van der Waals surface area contributed by atoms with Crippen molar-refractivity contribution in [1.82, 2.24) is 5.43 Å². The van der Waals surface area contributed by atoms with Gasteiger partial charge in [0.15, 0.2) is 0 Å². The Morgan fingerprint density at radius 1 is 1.25 bits per heavy atom. The highest BCUT2D eigenvalue weighted by Gasteiger charge is 2.09. The van der Waals surface area contributed by atoms with Crippen molar-refractivity contribution in [1.29, 1.82) is 0 Å². The molecule has 0 bridgehead atoms. The lowest BCUT2D eigenvalue weighted by Gasteiger charge is -2.08. The van der Waals surface area contributed by atoms with Crippen molar-refractivity contribution in [3.63, 3.8) is 0 Å². The molecule has 0 spiro atoms. The predicted octanol–water partition coefficient (Wildman–Crippen LogP) is 4.94. The maximum Gasteiger partial charge on any atom is 0.272 e. The summed E-state index contributed by atoms with van der Waals surface area (Å²) in [6.45, 7) is 2.75. The van der Waals surface area contributed by atoms with Crippen LogP contribution in [0.5, 0.6) is 5.75 Å². The summed E-state index contributed by atoms with van der Waals surface area (Å²) in [4.78, 5) is 12.1. The monoisotopic (exact) mass is 364 g/mol. The van der Waals surface area contributed by atoms with Gasteiger partial charge in [-0.3, -0.25) is 4.79 Å². The number of hydrazone groups is 1. The lowest BCUT2D eigenvalue weighted by molar-refractivity contribution is 0.0955. The number of hydrogen-bond acceptors (Lipinski definition) is 3. The second-order valence-corrected chi connectivity index (χ2v) is 5.91. The van der Waals surface area contributed by atoms with E-state index in [1.807, 2.05) is 24.3 Å². The molecule has 6 heteroatoms. The van der Waals surface area contributed by atoms with E-state index in [9.17, 15) is 4.79 Å². The third-order valence-corrected chi connectivity index (χ3v) is 3.77. The molecule has 0 radical (unpaired) electrons. The van der Waals surface area contributed by atoms with Crippen LogP contribution < -0.4 is 10.2 Å². The topological polar surface area (TPSA) is 50.7 Å². The van der Waals surface area contributed by atoms with E-state index in [1.165, 1.54) is 6.07 Å². The van der Waals surface area contributed by atoms with Gasteiger partial charge < -0.3 is 4.74 Å². The van der Waals surface area contributed by atoms with E-state index in [0.717, 1.165) is 24.2 Å². The molecule has 1 N–H and O–H groups in total. The lowest BCUT2D eigenvalue weighted by atomic mass is 10.2. The molecule has 0 aliphatic heterocycles. The highest BCUT2D eigenvalue weighted by Crippen LogP contribution is 2.21. The van der Waals surface area contributed by atoms with E-state index in [1.54, 1.807) is 18.3 Å². The van der Waals surface area contributed by atoms with Crippen LogP contribution in [-0.2, 0) is 0 Å². The van der Waals surface area contributed by atoms with Crippen molar-refractivity contribution in [2.75, 3.05) is 6.61 Å². The summed E-state index contributed by atoms with van der Waals surface area (Å²) in [5, 5.41) is 4.72. The molecule has 0 aliphatic carbocycles. The van der Waals surface area contributed by atoms with Crippen LogP contribution in [0.15, 0.2) is 47.6 Å². The normalized spacial score (nSPS) is 10.8. The molecule has 2 aromatic carbocycles. The fraction of sp³-hybridized carbons (Fsp3) is 0.222. The van der Waals surface area contributed by atoms with Gasteiger partial charge in [-0.05, 0) is 36.8 Å². The number of para-hydroxylation sites is 1. The van der Waals surface area contributed by atoms with Gasteiger partial charge in [-0.15, -0.1) is 0 Å². The molecule has 0 aliphatic rings. The molecule has 0 fully saturated rings. The minimum Gasteiger partial charge on any atom is -0.493 e. The molecule has 126 valence electrons. The number of amides is 1. The summed E-state index contributed by atoms with van der Waals surface area (Å²) < 4.78 is 5.71. The lowest BCUT2D eigenvalue weighted by Crippen LogP contribution is -2.18. The van der Waals surface area contributed by atoms with Crippen LogP contribution in [0.2, 0.25) is 10.0 Å². The number of carbonyl (C=O) groups is 1. The number of hydrogen-bond donors (Lipinski definition) is 1. The van der Waals surface area contributed by atoms with Crippen LogP contribution in [0.25, 0.3) is 0 Å². The molecule has 1 amide bonds. The number of halogens is 2.